The van der Waals surface area contributed by atoms with E-state index >= 15 is 0 Å². The molecular formula is C13H22O3. The van der Waals surface area contributed by atoms with Crippen LogP contribution in [-0.2, 0) is 14.3 Å². The zero-order chi connectivity index (χ0) is 12.4. The van der Waals surface area contributed by atoms with Gasteiger partial charge in [0.1, 0.15) is 0 Å². The first-order chi connectivity index (χ1) is 7.67. The van der Waals surface area contributed by atoms with Crippen LogP contribution in [0.15, 0.2) is 11.6 Å². The molecule has 0 aromatic heterocycles. The monoisotopic (exact) mass is 226 g/mol. The van der Waals surface area contributed by atoms with E-state index in [-0.39, 0.29) is 11.4 Å². The molecule has 16 heavy (non-hydrogen) atoms. The Labute approximate surface area is 97.9 Å². The van der Waals surface area contributed by atoms with E-state index in [0.717, 1.165) is 25.7 Å². The molecule has 0 bridgehead atoms. The van der Waals surface area contributed by atoms with Crippen LogP contribution < -0.4 is 0 Å². The second kappa shape index (κ2) is 9.13. The zero-order valence-electron chi connectivity index (χ0n) is 10.5. The van der Waals surface area contributed by atoms with Crippen LogP contribution in [0.3, 0.4) is 0 Å². The predicted octanol–water partition coefficient (Wildman–Crippen LogP) is 3.04. The van der Waals surface area contributed by atoms with E-state index in [2.05, 4.69) is 6.92 Å². The third-order valence-corrected chi connectivity index (χ3v) is 2.36. The van der Waals surface area contributed by atoms with E-state index in [0.29, 0.717) is 13.0 Å². The second-order valence-electron chi connectivity index (χ2n) is 3.68. The third-order valence-electron chi connectivity index (χ3n) is 2.36. The third kappa shape index (κ3) is 5.69. The Morgan fingerprint density at radius 3 is 2.31 bits per heavy atom. The van der Waals surface area contributed by atoms with E-state index in [1.54, 1.807) is 13.8 Å². The van der Waals surface area contributed by atoms with Crippen LogP contribution in [0, 0.1) is 0 Å². The largest absolute Gasteiger partial charge is 0.462 e. The Balaban J connectivity index is 3.91. The van der Waals surface area contributed by atoms with Gasteiger partial charge in [-0.1, -0.05) is 39.2 Å². The molecule has 0 aliphatic heterocycles. The van der Waals surface area contributed by atoms with Crippen LogP contribution in [0.2, 0.25) is 0 Å². The highest BCUT2D eigenvalue weighted by Gasteiger charge is 2.16. The van der Waals surface area contributed by atoms with Gasteiger partial charge in [0.2, 0.25) is 0 Å². The molecule has 0 fully saturated rings. The van der Waals surface area contributed by atoms with E-state index < -0.39 is 5.97 Å². The molecule has 0 aromatic rings. The lowest BCUT2D eigenvalue weighted by Gasteiger charge is -2.06. The number of hydrogen-bond acceptors (Lipinski definition) is 3. The second-order valence-corrected chi connectivity index (χ2v) is 3.68. The van der Waals surface area contributed by atoms with Gasteiger partial charge in [-0.2, -0.15) is 0 Å². The van der Waals surface area contributed by atoms with Gasteiger partial charge in [-0.05, 0) is 13.3 Å². The minimum atomic E-state index is -0.481. The molecule has 0 atom stereocenters. The molecule has 0 aliphatic carbocycles. The first kappa shape index (κ1) is 14.9. The summed E-state index contributed by atoms with van der Waals surface area (Å²) >= 11 is 0. The van der Waals surface area contributed by atoms with Crippen molar-refractivity contribution < 1.29 is 14.3 Å². The maximum Gasteiger partial charge on any atom is 0.341 e. The van der Waals surface area contributed by atoms with Crippen molar-refractivity contribution in [2.45, 2.75) is 52.9 Å². The number of Topliss-reactive ketones (excluding diaryl/α,β-unsaturated/α-hetero) is 1. The summed E-state index contributed by atoms with van der Waals surface area (Å²) < 4.78 is 5.04. The fourth-order valence-electron chi connectivity index (χ4n) is 1.35. The Bertz CT molecular complexity index is 254. The van der Waals surface area contributed by atoms with Gasteiger partial charge in [-0.3, -0.25) is 4.79 Å². The van der Waals surface area contributed by atoms with E-state index in [1.165, 1.54) is 6.08 Å². The average molecular weight is 226 g/mol. The van der Waals surface area contributed by atoms with Crippen molar-refractivity contribution in [3.63, 3.8) is 0 Å². The topological polar surface area (TPSA) is 43.4 Å². The van der Waals surface area contributed by atoms with Crippen molar-refractivity contribution in [2.24, 2.45) is 0 Å². The van der Waals surface area contributed by atoms with Crippen molar-refractivity contribution in [1.29, 1.82) is 0 Å². The first-order valence-corrected chi connectivity index (χ1v) is 6.03. The minimum absolute atomic E-state index is 0.152. The van der Waals surface area contributed by atoms with Crippen molar-refractivity contribution in [2.75, 3.05) is 6.61 Å². The van der Waals surface area contributed by atoms with Gasteiger partial charge >= 0.3 is 5.97 Å². The molecule has 0 heterocycles. The first-order valence-electron chi connectivity index (χ1n) is 6.03. The van der Waals surface area contributed by atoms with Gasteiger partial charge in [0.15, 0.2) is 5.78 Å². The maximum absolute atomic E-state index is 11.5. The number of unbranched alkanes of at least 4 members (excludes halogenated alkanes) is 3. The van der Waals surface area contributed by atoms with Crippen LogP contribution >= 0.6 is 0 Å². The number of rotatable bonds is 8. The van der Waals surface area contributed by atoms with E-state index in [1.807, 2.05) is 0 Å². The summed E-state index contributed by atoms with van der Waals surface area (Å²) in [7, 11) is 0. The molecule has 0 aromatic carbocycles. The van der Waals surface area contributed by atoms with Gasteiger partial charge in [-0.25, -0.2) is 4.79 Å². The van der Waals surface area contributed by atoms with Crippen LogP contribution in [-0.4, -0.2) is 18.4 Å². The summed E-state index contributed by atoms with van der Waals surface area (Å²) in [6.07, 6.45) is 6.11. The lowest BCUT2D eigenvalue weighted by atomic mass is 10.1. The number of esters is 1. The Morgan fingerprint density at radius 2 is 1.81 bits per heavy atom. The number of ether oxygens (including phenoxy) is 1. The molecule has 0 aliphatic rings. The lowest BCUT2D eigenvalue weighted by molar-refractivity contribution is -0.140. The summed E-state index contributed by atoms with van der Waals surface area (Å²) in [5.41, 5.74) is 0.179. The summed E-state index contributed by atoms with van der Waals surface area (Å²) in [5.74, 6) is -0.632. The van der Waals surface area contributed by atoms with Crippen molar-refractivity contribution in [3.8, 4) is 0 Å². The maximum atomic E-state index is 11.5. The van der Waals surface area contributed by atoms with Crippen LogP contribution in [0.5, 0.6) is 0 Å². The molecule has 0 radical (unpaired) electrons. The van der Waals surface area contributed by atoms with E-state index in [4.69, 9.17) is 4.74 Å². The number of carbonyl (C=O) groups excluding carboxylic acids is 2. The smallest absolute Gasteiger partial charge is 0.341 e. The average Bonchev–Trinajstić information content (AvgIpc) is 2.29. The molecular weight excluding hydrogens is 204 g/mol. The van der Waals surface area contributed by atoms with Crippen LogP contribution in [0.1, 0.15) is 52.9 Å². The Morgan fingerprint density at radius 1 is 1.12 bits per heavy atom. The Kier molecular flexibility index (Phi) is 8.49. The van der Waals surface area contributed by atoms with Gasteiger partial charge < -0.3 is 4.74 Å². The molecule has 92 valence electrons. The highest BCUT2D eigenvalue weighted by atomic mass is 16.5. The molecule has 0 unspecified atom stereocenters. The number of carbonyl (C=O) groups is 2. The SMILES string of the molecule is C/C=C(\C(=O)CC)C(=O)OCCCCCC. The zero-order valence-corrected chi connectivity index (χ0v) is 10.5. The fraction of sp³-hybridized carbons (Fsp3) is 0.692. The fourth-order valence-corrected chi connectivity index (χ4v) is 1.35. The van der Waals surface area contributed by atoms with Crippen LogP contribution in [0.25, 0.3) is 0 Å². The summed E-state index contributed by atoms with van der Waals surface area (Å²) in [6, 6.07) is 0. The summed E-state index contributed by atoms with van der Waals surface area (Å²) in [6.45, 7) is 5.96. The Hall–Kier alpha value is -1.12. The molecule has 3 heteroatoms. The molecule has 0 N–H and O–H groups in total. The summed E-state index contributed by atoms with van der Waals surface area (Å²) in [4.78, 5) is 22.8. The van der Waals surface area contributed by atoms with Crippen molar-refractivity contribution >= 4 is 11.8 Å². The molecule has 0 saturated heterocycles. The molecule has 0 saturated carbocycles. The van der Waals surface area contributed by atoms with Gasteiger partial charge in [-0.15, -0.1) is 0 Å². The molecule has 0 rings (SSSR count). The van der Waals surface area contributed by atoms with E-state index in [9.17, 15) is 9.59 Å². The number of ketones is 1. The molecule has 0 spiro atoms. The highest BCUT2D eigenvalue weighted by molar-refractivity contribution is 6.17. The standard InChI is InChI=1S/C13H22O3/c1-4-7-8-9-10-16-13(15)11(5-2)12(14)6-3/h5H,4,6-10H2,1-3H3/b11-5+. The number of allylic oxidation sites excluding steroid dienone is 1. The summed E-state index contributed by atoms with van der Waals surface area (Å²) in [5, 5.41) is 0. The minimum Gasteiger partial charge on any atom is -0.462 e. The highest BCUT2D eigenvalue weighted by Crippen LogP contribution is 2.05. The van der Waals surface area contributed by atoms with Crippen molar-refractivity contribution in [1.82, 2.24) is 0 Å². The lowest BCUT2D eigenvalue weighted by Crippen LogP contribution is -2.15. The van der Waals surface area contributed by atoms with Gasteiger partial charge in [0.25, 0.3) is 0 Å². The van der Waals surface area contributed by atoms with Crippen molar-refractivity contribution in [3.05, 3.63) is 11.6 Å². The van der Waals surface area contributed by atoms with Gasteiger partial charge in [0, 0.05) is 6.42 Å². The predicted molar refractivity (Wildman–Crippen MR) is 64.2 cm³/mol. The number of hydrogen-bond donors (Lipinski definition) is 0. The van der Waals surface area contributed by atoms with Gasteiger partial charge in [0.05, 0.1) is 12.2 Å². The van der Waals surface area contributed by atoms with Crippen LogP contribution in [0.4, 0.5) is 0 Å². The molecule has 3 nitrogen and oxygen atoms in total. The normalized spacial score (nSPS) is 11.3. The molecule has 0 amide bonds. The quantitative estimate of drug-likeness (QED) is 0.210.